The highest BCUT2D eigenvalue weighted by molar-refractivity contribution is 5.90. The third-order valence-electron chi connectivity index (χ3n) is 5.14. The van der Waals surface area contributed by atoms with E-state index < -0.39 is 12.1 Å². The fourth-order valence-corrected chi connectivity index (χ4v) is 3.71. The minimum Gasteiger partial charge on any atom is -0.478 e. The number of ether oxygens (including phenoxy) is 1. The molecule has 6 heteroatoms. The molecule has 1 aliphatic carbocycles. The first-order valence-corrected chi connectivity index (χ1v) is 9.90. The van der Waals surface area contributed by atoms with Crippen molar-refractivity contribution in [1.82, 2.24) is 10.3 Å². The van der Waals surface area contributed by atoms with Crippen LogP contribution in [0.3, 0.4) is 0 Å². The molecule has 1 amide bonds. The van der Waals surface area contributed by atoms with Crippen molar-refractivity contribution >= 4 is 12.1 Å². The molecule has 1 aliphatic rings. The number of aromatic carboxylic acids is 1. The Balaban J connectivity index is 1.30. The van der Waals surface area contributed by atoms with Crippen LogP contribution in [0.15, 0.2) is 67.0 Å². The predicted octanol–water partition coefficient (Wildman–Crippen LogP) is 4.06. The second-order valence-electron chi connectivity index (χ2n) is 7.03. The highest BCUT2D eigenvalue weighted by Gasteiger charge is 2.28. The van der Waals surface area contributed by atoms with Crippen LogP contribution in [0.4, 0.5) is 4.79 Å². The Morgan fingerprint density at radius 2 is 1.71 bits per heavy atom. The number of alkyl carbamates (subject to hydrolysis) is 1. The van der Waals surface area contributed by atoms with Crippen LogP contribution >= 0.6 is 0 Å². The molecule has 0 fully saturated rings. The number of aromatic nitrogens is 1. The first-order valence-electron chi connectivity index (χ1n) is 9.90. The normalized spacial score (nSPS) is 11.6. The third kappa shape index (κ3) is 4.41. The van der Waals surface area contributed by atoms with Crippen molar-refractivity contribution in [2.75, 3.05) is 13.2 Å². The smallest absolute Gasteiger partial charge is 0.407 e. The molecule has 0 spiro atoms. The van der Waals surface area contributed by atoms with Crippen LogP contribution < -0.4 is 5.32 Å². The number of amides is 1. The number of hydrogen-bond acceptors (Lipinski definition) is 4. The van der Waals surface area contributed by atoms with Gasteiger partial charge in [-0.1, -0.05) is 60.4 Å². The SMILES string of the molecule is O=C(NCCC#Cc1cnccc1C(=O)O)OCC1c2ccccc2-c2ccccc21. The summed E-state index contributed by atoms with van der Waals surface area (Å²) < 4.78 is 5.47. The Hall–Kier alpha value is -4.11. The molecule has 6 nitrogen and oxygen atoms in total. The molecule has 154 valence electrons. The van der Waals surface area contributed by atoms with E-state index in [2.05, 4.69) is 46.4 Å². The lowest BCUT2D eigenvalue weighted by atomic mass is 9.98. The molecule has 0 saturated carbocycles. The molecule has 1 aromatic heterocycles. The topological polar surface area (TPSA) is 88.5 Å². The summed E-state index contributed by atoms with van der Waals surface area (Å²) in [6.07, 6.45) is 2.68. The molecule has 0 radical (unpaired) electrons. The average molecular weight is 412 g/mol. The zero-order valence-electron chi connectivity index (χ0n) is 16.7. The zero-order valence-corrected chi connectivity index (χ0v) is 16.7. The Kier molecular flexibility index (Phi) is 5.95. The molecule has 1 heterocycles. The summed E-state index contributed by atoms with van der Waals surface area (Å²) in [5, 5.41) is 11.8. The first-order chi connectivity index (χ1) is 15.1. The van der Waals surface area contributed by atoms with Gasteiger partial charge in [0, 0.05) is 31.3 Å². The minimum atomic E-state index is -1.05. The number of carbonyl (C=O) groups excluding carboxylic acids is 1. The molecule has 2 aromatic carbocycles. The monoisotopic (exact) mass is 412 g/mol. The Labute approximate surface area is 179 Å². The van der Waals surface area contributed by atoms with Crippen LogP contribution in [-0.2, 0) is 4.74 Å². The van der Waals surface area contributed by atoms with Crippen molar-refractivity contribution in [3.8, 4) is 23.0 Å². The van der Waals surface area contributed by atoms with Gasteiger partial charge in [-0.3, -0.25) is 4.98 Å². The highest BCUT2D eigenvalue weighted by atomic mass is 16.5. The number of nitrogens with one attached hydrogen (secondary N) is 1. The number of nitrogens with zero attached hydrogens (tertiary/aromatic N) is 1. The maximum absolute atomic E-state index is 12.1. The molecular weight excluding hydrogens is 392 g/mol. The van der Waals surface area contributed by atoms with Crippen LogP contribution in [0, 0.1) is 11.8 Å². The van der Waals surface area contributed by atoms with Crippen LogP contribution in [0.1, 0.15) is 39.4 Å². The predicted molar refractivity (Wildman–Crippen MR) is 116 cm³/mol. The first kappa shape index (κ1) is 20.2. The molecule has 0 aliphatic heterocycles. The molecule has 3 aromatic rings. The Morgan fingerprint density at radius 1 is 1.03 bits per heavy atom. The number of pyridine rings is 1. The summed E-state index contributed by atoms with van der Waals surface area (Å²) in [6, 6.07) is 17.7. The maximum atomic E-state index is 12.1. The number of hydrogen-bond donors (Lipinski definition) is 2. The fourth-order valence-electron chi connectivity index (χ4n) is 3.71. The lowest BCUT2D eigenvalue weighted by Crippen LogP contribution is -2.26. The maximum Gasteiger partial charge on any atom is 0.407 e. The van der Waals surface area contributed by atoms with E-state index in [4.69, 9.17) is 9.84 Å². The van der Waals surface area contributed by atoms with E-state index >= 15 is 0 Å². The quantitative estimate of drug-likeness (QED) is 0.487. The van der Waals surface area contributed by atoms with Crippen molar-refractivity contribution in [3.63, 3.8) is 0 Å². The van der Waals surface area contributed by atoms with Crippen molar-refractivity contribution in [1.29, 1.82) is 0 Å². The van der Waals surface area contributed by atoms with Crippen molar-refractivity contribution in [2.24, 2.45) is 0 Å². The average Bonchev–Trinajstić information content (AvgIpc) is 3.11. The van der Waals surface area contributed by atoms with Crippen molar-refractivity contribution < 1.29 is 19.4 Å². The Morgan fingerprint density at radius 3 is 2.39 bits per heavy atom. The number of benzene rings is 2. The van der Waals surface area contributed by atoms with Gasteiger partial charge in [-0.25, -0.2) is 9.59 Å². The lowest BCUT2D eigenvalue weighted by molar-refractivity contribution is 0.0696. The van der Waals surface area contributed by atoms with Gasteiger partial charge in [0.1, 0.15) is 6.61 Å². The summed E-state index contributed by atoms with van der Waals surface area (Å²) in [5.41, 5.74) is 5.13. The van der Waals surface area contributed by atoms with Crippen molar-refractivity contribution in [2.45, 2.75) is 12.3 Å². The molecule has 0 atom stereocenters. The second-order valence-corrected chi connectivity index (χ2v) is 7.03. The van der Waals surface area contributed by atoms with E-state index in [1.807, 2.05) is 24.3 Å². The number of rotatable bonds is 5. The molecule has 31 heavy (non-hydrogen) atoms. The van der Waals surface area contributed by atoms with Crippen LogP contribution in [0.25, 0.3) is 11.1 Å². The zero-order chi connectivity index (χ0) is 21.6. The van der Waals surface area contributed by atoms with E-state index in [0.29, 0.717) is 18.5 Å². The van der Waals surface area contributed by atoms with Gasteiger partial charge in [-0.15, -0.1) is 0 Å². The minimum absolute atomic E-state index is 0.0120. The van der Waals surface area contributed by atoms with E-state index in [1.165, 1.54) is 29.6 Å². The largest absolute Gasteiger partial charge is 0.478 e. The van der Waals surface area contributed by atoms with Gasteiger partial charge in [-0.2, -0.15) is 0 Å². The number of carbonyl (C=O) groups is 2. The van der Waals surface area contributed by atoms with E-state index in [9.17, 15) is 9.59 Å². The van der Waals surface area contributed by atoms with Gasteiger partial charge in [0.2, 0.25) is 0 Å². The fraction of sp³-hybridized carbons (Fsp3) is 0.160. The van der Waals surface area contributed by atoms with E-state index in [-0.39, 0.29) is 18.1 Å². The van der Waals surface area contributed by atoms with Crippen LogP contribution in [-0.4, -0.2) is 35.3 Å². The van der Waals surface area contributed by atoms with Gasteiger partial charge in [0.15, 0.2) is 0 Å². The molecule has 0 saturated heterocycles. The number of carboxylic acids is 1. The molecule has 0 unspecified atom stereocenters. The Bertz CT molecular complexity index is 1150. The van der Waals surface area contributed by atoms with Gasteiger partial charge < -0.3 is 15.2 Å². The molecule has 4 rings (SSSR count). The summed E-state index contributed by atoms with van der Waals surface area (Å²) in [6.45, 7) is 0.551. The van der Waals surface area contributed by atoms with Gasteiger partial charge in [0.05, 0.1) is 11.1 Å². The highest BCUT2D eigenvalue weighted by Crippen LogP contribution is 2.44. The summed E-state index contributed by atoms with van der Waals surface area (Å²) in [4.78, 5) is 27.2. The standard InChI is InChI=1S/C25H20N2O4/c28-24(29)18-12-14-26-15-17(18)7-5-6-13-27-25(30)31-16-23-21-10-3-1-8-19(21)20-9-2-4-11-22(20)23/h1-4,8-12,14-15,23H,6,13,16H2,(H,27,30)(H,28,29). The van der Waals surface area contributed by atoms with Gasteiger partial charge in [0.25, 0.3) is 0 Å². The third-order valence-corrected chi connectivity index (χ3v) is 5.14. The molecular formula is C25H20N2O4. The van der Waals surface area contributed by atoms with Gasteiger partial charge >= 0.3 is 12.1 Å². The lowest BCUT2D eigenvalue weighted by Gasteiger charge is -2.14. The van der Waals surface area contributed by atoms with E-state index in [0.717, 1.165) is 11.1 Å². The molecule has 2 N–H and O–H groups in total. The van der Waals surface area contributed by atoms with Crippen LogP contribution in [0.5, 0.6) is 0 Å². The second kappa shape index (κ2) is 9.14. The van der Waals surface area contributed by atoms with Crippen LogP contribution in [0.2, 0.25) is 0 Å². The summed E-state index contributed by atoms with van der Waals surface area (Å²) in [5.74, 6) is 4.59. The summed E-state index contributed by atoms with van der Waals surface area (Å²) in [7, 11) is 0. The number of carboxylic acid groups (broad SMARTS) is 1. The van der Waals surface area contributed by atoms with Gasteiger partial charge in [-0.05, 0) is 28.3 Å². The summed E-state index contributed by atoms with van der Waals surface area (Å²) >= 11 is 0. The molecule has 0 bridgehead atoms. The van der Waals surface area contributed by atoms with E-state index in [1.54, 1.807) is 0 Å². The number of fused-ring (bicyclic) bond motifs is 3. The van der Waals surface area contributed by atoms with Crippen molar-refractivity contribution in [3.05, 3.63) is 89.2 Å².